The van der Waals surface area contributed by atoms with Gasteiger partial charge in [-0.25, -0.2) is 0 Å². The molecule has 0 aliphatic heterocycles. The molecule has 1 aromatic rings. The lowest BCUT2D eigenvalue weighted by molar-refractivity contribution is -0.144. The van der Waals surface area contributed by atoms with E-state index in [-0.39, 0.29) is 0 Å². The second kappa shape index (κ2) is 4.82. The molecule has 0 heterocycles. The van der Waals surface area contributed by atoms with Crippen molar-refractivity contribution >= 4 is 17.3 Å². The lowest BCUT2D eigenvalue weighted by atomic mass is 9.82. The molecule has 4 heteroatoms. The van der Waals surface area contributed by atoms with E-state index < -0.39 is 17.2 Å². The van der Waals surface area contributed by atoms with Gasteiger partial charge in [-0.1, -0.05) is 18.2 Å². The molecule has 0 fully saturated rings. The van der Waals surface area contributed by atoms with Crippen molar-refractivity contribution in [2.45, 2.75) is 19.4 Å². The molecule has 19 heavy (non-hydrogen) atoms. The smallest absolute Gasteiger partial charge is 0.203 e. The van der Waals surface area contributed by atoms with Crippen LogP contribution in [0, 0.1) is 0 Å². The minimum absolute atomic E-state index is 0.313. The number of carbonyl (C=O) groups excluding carboxylic acids is 2. The third-order valence-electron chi connectivity index (χ3n) is 3.10. The molecule has 1 aliphatic rings. The summed E-state index contributed by atoms with van der Waals surface area (Å²) >= 11 is 0. The number of ketones is 2. The summed E-state index contributed by atoms with van der Waals surface area (Å²) in [5.41, 5.74) is -0.283. The van der Waals surface area contributed by atoms with E-state index in [0.29, 0.717) is 11.1 Å². The maximum absolute atomic E-state index is 12.1. The van der Waals surface area contributed by atoms with E-state index in [0.717, 1.165) is 5.69 Å². The molecule has 0 unspecified atom stereocenters. The van der Waals surface area contributed by atoms with Crippen molar-refractivity contribution in [1.82, 2.24) is 0 Å². The van der Waals surface area contributed by atoms with Gasteiger partial charge in [0.25, 0.3) is 0 Å². The summed E-state index contributed by atoms with van der Waals surface area (Å²) in [4.78, 5) is 23.6. The fraction of sp³-hybridized carbons (Fsp3) is 0.200. The van der Waals surface area contributed by atoms with Crippen molar-refractivity contribution in [1.29, 1.82) is 0 Å². The van der Waals surface area contributed by atoms with Crippen molar-refractivity contribution in [3.63, 3.8) is 0 Å². The molecule has 1 aromatic carbocycles. The average Bonchev–Trinajstić information content (AvgIpc) is 2.38. The Morgan fingerprint density at radius 2 is 1.84 bits per heavy atom. The monoisotopic (exact) mass is 257 g/mol. The highest BCUT2D eigenvalue weighted by Crippen LogP contribution is 2.25. The second-order valence-electron chi connectivity index (χ2n) is 4.66. The van der Waals surface area contributed by atoms with E-state index in [1.165, 1.54) is 19.2 Å². The van der Waals surface area contributed by atoms with Gasteiger partial charge < -0.3 is 10.4 Å². The molecular formula is C15H15NO3. The van der Waals surface area contributed by atoms with E-state index in [9.17, 15) is 14.7 Å². The molecule has 0 saturated carbocycles. The highest BCUT2D eigenvalue weighted by atomic mass is 16.3. The van der Waals surface area contributed by atoms with Crippen molar-refractivity contribution in [3.05, 3.63) is 53.8 Å². The van der Waals surface area contributed by atoms with Crippen LogP contribution in [0.3, 0.4) is 0 Å². The Morgan fingerprint density at radius 3 is 2.47 bits per heavy atom. The first-order valence-corrected chi connectivity index (χ1v) is 5.95. The summed E-state index contributed by atoms with van der Waals surface area (Å²) in [6.45, 7) is 2.89. The zero-order valence-electron chi connectivity index (χ0n) is 10.8. The highest BCUT2D eigenvalue weighted by Gasteiger charge is 2.42. The van der Waals surface area contributed by atoms with E-state index >= 15 is 0 Å². The molecule has 98 valence electrons. The minimum Gasteiger partial charge on any atom is -0.374 e. The van der Waals surface area contributed by atoms with Crippen molar-refractivity contribution in [2.24, 2.45) is 0 Å². The van der Waals surface area contributed by atoms with E-state index in [4.69, 9.17) is 0 Å². The molecule has 0 bridgehead atoms. The first-order chi connectivity index (χ1) is 8.93. The SMILES string of the molecule is CC1=CC(=O)[C@@](C)(O)C(=O)/C1=C\Nc1ccccc1. The Balaban J connectivity index is 2.31. The zero-order valence-corrected chi connectivity index (χ0v) is 10.8. The minimum atomic E-state index is -1.97. The summed E-state index contributed by atoms with van der Waals surface area (Å²) < 4.78 is 0. The molecule has 2 rings (SSSR count). The van der Waals surface area contributed by atoms with Crippen molar-refractivity contribution in [3.8, 4) is 0 Å². The standard InChI is InChI=1S/C15H15NO3/c1-10-8-13(17)15(2,19)14(18)12(10)9-16-11-6-4-3-5-7-11/h3-9,16,19H,1-2H3/b12-9-/t15-/m1/s1. The van der Waals surface area contributed by atoms with Gasteiger partial charge in [0, 0.05) is 17.5 Å². The molecule has 4 nitrogen and oxygen atoms in total. The van der Waals surface area contributed by atoms with Crippen LogP contribution in [0.4, 0.5) is 5.69 Å². The van der Waals surface area contributed by atoms with Crippen LogP contribution in [-0.4, -0.2) is 22.3 Å². The van der Waals surface area contributed by atoms with Gasteiger partial charge in [0.2, 0.25) is 5.78 Å². The van der Waals surface area contributed by atoms with Gasteiger partial charge in [-0.05, 0) is 37.6 Å². The Kier molecular flexibility index (Phi) is 3.36. The van der Waals surface area contributed by atoms with Gasteiger partial charge in [-0.2, -0.15) is 0 Å². The number of anilines is 1. The molecule has 1 aliphatic carbocycles. The largest absolute Gasteiger partial charge is 0.374 e. The number of carbonyl (C=O) groups is 2. The molecule has 2 N–H and O–H groups in total. The van der Waals surface area contributed by atoms with E-state index in [1.54, 1.807) is 6.92 Å². The first kappa shape index (κ1) is 13.2. The van der Waals surface area contributed by atoms with Gasteiger partial charge >= 0.3 is 0 Å². The third-order valence-corrected chi connectivity index (χ3v) is 3.10. The van der Waals surface area contributed by atoms with Crippen LogP contribution in [0.1, 0.15) is 13.8 Å². The highest BCUT2D eigenvalue weighted by molar-refractivity contribution is 6.25. The van der Waals surface area contributed by atoms with Gasteiger partial charge in [-0.3, -0.25) is 9.59 Å². The summed E-state index contributed by atoms with van der Waals surface area (Å²) in [5.74, 6) is -1.16. The summed E-state index contributed by atoms with van der Waals surface area (Å²) in [5, 5.41) is 12.9. The molecular weight excluding hydrogens is 242 g/mol. The topological polar surface area (TPSA) is 66.4 Å². The number of hydrogen-bond donors (Lipinski definition) is 2. The van der Waals surface area contributed by atoms with Crippen LogP contribution in [0.2, 0.25) is 0 Å². The zero-order chi connectivity index (χ0) is 14.0. The Hall–Kier alpha value is -2.20. The number of allylic oxidation sites excluding steroid dienone is 1. The summed E-state index contributed by atoms with van der Waals surface area (Å²) in [6.07, 6.45) is 2.81. The fourth-order valence-electron chi connectivity index (χ4n) is 1.84. The predicted molar refractivity (Wildman–Crippen MR) is 72.5 cm³/mol. The Labute approximate surface area is 111 Å². The Morgan fingerprint density at radius 1 is 1.21 bits per heavy atom. The predicted octanol–water partition coefficient (Wildman–Crippen LogP) is 1.83. The van der Waals surface area contributed by atoms with E-state index in [1.807, 2.05) is 30.3 Å². The third kappa shape index (κ3) is 2.48. The molecule has 0 saturated heterocycles. The second-order valence-corrected chi connectivity index (χ2v) is 4.66. The van der Waals surface area contributed by atoms with Gasteiger partial charge in [0.15, 0.2) is 11.4 Å². The van der Waals surface area contributed by atoms with Crippen LogP contribution in [0.15, 0.2) is 53.8 Å². The maximum Gasteiger partial charge on any atom is 0.203 e. The van der Waals surface area contributed by atoms with Crippen LogP contribution < -0.4 is 5.32 Å². The maximum atomic E-state index is 12.1. The van der Waals surface area contributed by atoms with Crippen LogP contribution >= 0.6 is 0 Å². The molecule has 1 atom stereocenters. The first-order valence-electron chi connectivity index (χ1n) is 5.95. The van der Waals surface area contributed by atoms with Gasteiger partial charge in [0.1, 0.15) is 0 Å². The number of para-hydroxylation sites is 1. The molecule has 0 radical (unpaired) electrons. The van der Waals surface area contributed by atoms with Gasteiger partial charge in [0.05, 0.1) is 0 Å². The normalized spacial score (nSPS) is 25.4. The number of nitrogens with one attached hydrogen (secondary N) is 1. The fourth-order valence-corrected chi connectivity index (χ4v) is 1.84. The van der Waals surface area contributed by atoms with Gasteiger partial charge in [-0.15, -0.1) is 0 Å². The quantitative estimate of drug-likeness (QED) is 0.626. The number of benzene rings is 1. The van der Waals surface area contributed by atoms with Crippen LogP contribution in [0.25, 0.3) is 0 Å². The number of Topliss-reactive ketones (excluding diaryl/α,β-unsaturated/α-hetero) is 1. The summed E-state index contributed by atoms with van der Waals surface area (Å²) in [6, 6.07) is 9.33. The number of rotatable bonds is 2. The lowest BCUT2D eigenvalue weighted by Crippen LogP contribution is -2.46. The number of aliphatic hydroxyl groups is 1. The van der Waals surface area contributed by atoms with Crippen LogP contribution in [-0.2, 0) is 9.59 Å². The van der Waals surface area contributed by atoms with Crippen molar-refractivity contribution in [2.75, 3.05) is 5.32 Å². The molecule has 0 aromatic heterocycles. The average molecular weight is 257 g/mol. The van der Waals surface area contributed by atoms with Crippen molar-refractivity contribution < 1.29 is 14.7 Å². The lowest BCUT2D eigenvalue weighted by Gasteiger charge is -2.25. The molecule has 0 spiro atoms. The molecule has 0 amide bonds. The summed E-state index contributed by atoms with van der Waals surface area (Å²) in [7, 11) is 0. The Bertz CT molecular complexity index is 583. The van der Waals surface area contributed by atoms with E-state index in [2.05, 4.69) is 5.32 Å². The van der Waals surface area contributed by atoms with Crippen LogP contribution in [0.5, 0.6) is 0 Å². The number of hydrogen-bond acceptors (Lipinski definition) is 4.